The smallest absolute Gasteiger partial charge is 0.351 e. The third-order valence-corrected chi connectivity index (χ3v) is 6.23. The molecular weight excluding hydrogens is 415 g/mol. The van der Waals surface area contributed by atoms with Gasteiger partial charge in [-0.05, 0) is 38.3 Å². The van der Waals surface area contributed by atoms with Gasteiger partial charge in [-0.2, -0.15) is 13.2 Å². The number of aryl methyl sites for hydroxylation is 1. The van der Waals surface area contributed by atoms with Crippen LogP contribution in [0.3, 0.4) is 0 Å². The molecule has 0 atom stereocenters. The zero-order valence-electron chi connectivity index (χ0n) is 16.7. The van der Waals surface area contributed by atoms with Crippen molar-refractivity contribution in [1.29, 1.82) is 0 Å². The summed E-state index contributed by atoms with van der Waals surface area (Å²) in [6.45, 7) is 3.54. The van der Waals surface area contributed by atoms with Crippen molar-refractivity contribution in [2.24, 2.45) is 0 Å². The maximum atomic E-state index is 12.7. The lowest BCUT2D eigenvalue weighted by molar-refractivity contribution is -0.137. The van der Waals surface area contributed by atoms with Gasteiger partial charge in [0, 0.05) is 31.6 Å². The topological polar surface area (TPSA) is 62.3 Å². The summed E-state index contributed by atoms with van der Waals surface area (Å²) in [6.07, 6.45) is -0.0890. The lowest BCUT2D eigenvalue weighted by atomic mass is 10.1. The van der Waals surface area contributed by atoms with E-state index in [4.69, 9.17) is 0 Å². The Morgan fingerprint density at radius 3 is 2.63 bits per heavy atom. The van der Waals surface area contributed by atoms with Crippen molar-refractivity contribution in [3.8, 4) is 10.6 Å². The monoisotopic (exact) mass is 439 g/mol. The Labute approximate surface area is 177 Å². The van der Waals surface area contributed by atoms with Crippen LogP contribution in [0.25, 0.3) is 10.6 Å². The predicted octanol–water partition coefficient (Wildman–Crippen LogP) is 4.66. The molecule has 3 rings (SSSR count). The Morgan fingerprint density at radius 1 is 1.20 bits per heavy atom. The molecule has 1 aliphatic rings. The minimum Gasteiger partial charge on any atom is -0.351 e. The van der Waals surface area contributed by atoms with Gasteiger partial charge in [0.25, 0.3) is 5.91 Å². The number of hydrogen-bond donors (Lipinski definition) is 1. The minimum absolute atomic E-state index is 0.179. The maximum Gasteiger partial charge on any atom is 0.416 e. The molecule has 9 heteroatoms. The summed E-state index contributed by atoms with van der Waals surface area (Å²) in [5, 5.41) is 3.35. The third-order valence-electron chi connectivity index (χ3n) is 5.02. The van der Waals surface area contributed by atoms with Crippen LogP contribution in [0.1, 0.15) is 53.0 Å². The Bertz CT molecular complexity index is 894. The molecule has 0 saturated carbocycles. The molecule has 0 bridgehead atoms. The molecule has 2 heterocycles. The number of carbonyl (C=O) groups excluding carboxylic acids is 2. The van der Waals surface area contributed by atoms with Crippen LogP contribution in [0.2, 0.25) is 0 Å². The third kappa shape index (κ3) is 5.59. The molecule has 30 heavy (non-hydrogen) atoms. The largest absolute Gasteiger partial charge is 0.416 e. The standard InChI is InChI=1S/C21H24F3N3O2S/c1-14-18(19(29)25-11-5-13-27-12-4-2-3-6-17(27)28)30-20(26-14)15-7-9-16(10-8-15)21(22,23)24/h7-10H,2-6,11-13H2,1H3,(H,25,29). The fraction of sp³-hybridized carbons (Fsp3) is 0.476. The number of thiazole rings is 1. The fourth-order valence-corrected chi connectivity index (χ4v) is 4.35. The van der Waals surface area contributed by atoms with E-state index in [1.165, 1.54) is 12.1 Å². The van der Waals surface area contributed by atoms with Crippen LogP contribution in [0.15, 0.2) is 24.3 Å². The minimum atomic E-state index is -4.39. The number of alkyl halides is 3. The number of nitrogens with zero attached hydrogens (tertiary/aromatic N) is 2. The molecular formula is C21H24F3N3O2S. The molecule has 0 unspecified atom stereocenters. The average molecular weight is 440 g/mol. The van der Waals surface area contributed by atoms with Crippen molar-refractivity contribution in [1.82, 2.24) is 15.2 Å². The van der Waals surface area contributed by atoms with Gasteiger partial charge in [0.2, 0.25) is 5.91 Å². The number of halogens is 3. The zero-order valence-corrected chi connectivity index (χ0v) is 17.5. The lowest BCUT2D eigenvalue weighted by Crippen LogP contribution is -2.33. The molecule has 1 aromatic carbocycles. The molecule has 0 aliphatic carbocycles. The summed E-state index contributed by atoms with van der Waals surface area (Å²) in [5.41, 5.74) is 0.352. The van der Waals surface area contributed by atoms with Gasteiger partial charge in [-0.25, -0.2) is 4.98 Å². The number of amides is 2. The molecule has 1 aromatic heterocycles. The molecule has 5 nitrogen and oxygen atoms in total. The molecule has 1 fully saturated rings. The Kier molecular flexibility index (Phi) is 7.12. The van der Waals surface area contributed by atoms with Gasteiger partial charge in [-0.3, -0.25) is 9.59 Å². The number of carbonyl (C=O) groups is 2. The van der Waals surface area contributed by atoms with Crippen molar-refractivity contribution in [2.45, 2.75) is 45.2 Å². The van der Waals surface area contributed by atoms with Crippen molar-refractivity contribution in [2.75, 3.05) is 19.6 Å². The quantitative estimate of drug-likeness (QED) is 0.666. The van der Waals surface area contributed by atoms with Crippen molar-refractivity contribution in [3.63, 3.8) is 0 Å². The van der Waals surface area contributed by atoms with Crippen LogP contribution >= 0.6 is 11.3 Å². The number of likely N-dealkylation sites (tertiary alicyclic amines) is 1. The van der Waals surface area contributed by atoms with E-state index in [0.717, 1.165) is 49.3 Å². The molecule has 1 N–H and O–H groups in total. The Balaban J connectivity index is 1.55. The van der Waals surface area contributed by atoms with Crippen LogP contribution in [-0.2, 0) is 11.0 Å². The van der Waals surface area contributed by atoms with E-state index in [9.17, 15) is 22.8 Å². The maximum absolute atomic E-state index is 12.7. The fourth-order valence-electron chi connectivity index (χ4n) is 3.36. The van der Waals surface area contributed by atoms with E-state index in [1.807, 2.05) is 4.90 Å². The highest BCUT2D eigenvalue weighted by molar-refractivity contribution is 7.17. The molecule has 2 amide bonds. The highest BCUT2D eigenvalue weighted by Gasteiger charge is 2.30. The Hall–Kier alpha value is -2.42. The normalized spacial score (nSPS) is 15.2. The van der Waals surface area contributed by atoms with E-state index >= 15 is 0 Å². The van der Waals surface area contributed by atoms with E-state index in [-0.39, 0.29) is 11.8 Å². The molecule has 1 saturated heterocycles. The van der Waals surface area contributed by atoms with Crippen LogP contribution < -0.4 is 5.32 Å². The molecule has 0 spiro atoms. The second kappa shape index (κ2) is 9.59. The first-order valence-electron chi connectivity index (χ1n) is 9.97. The lowest BCUT2D eigenvalue weighted by Gasteiger charge is -2.20. The zero-order chi connectivity index (χ0) is 21.7. The second-order valence-corrected chi connectivity index (χ2v) is 8.31. The van der Waals surface area contributed by atoms with Gasteiger partial charge in [-0.1, -0.05) is 18.6 Å². The Morgan fingerprint density at radius 2 is 1.93 bits per heavy atom. The van der Waals surface area contributed by atoms with E-state index in [2.05, 4.69) is 10.3 Å². The average Bonchev–Trinajstić information content (AvgIpc) is 2.98. The number of benzene rings is 1. The summed E-state index contributed by atoms with van der Waals surface area (Å²) < 4.78 is 38.1. The van der Waals surface area contributed by atoms with Crippen molar-refractivity contribution < 1.29 is 22.8 Å². The molecule has 162 valence electrons. The highest BCUT2D eigenvalue weighted by atomic mass is 32.1. The van der Waals surface area contributed by atoms with E-state index in [0.29, 0.717) is 47.1 Å². The second-order valence-electron chi connectivity index (χ2n) is 7.31. The molecule has 0 radical (unpaired) electrons. The number of rotatable bonds is 6. The summed E-state index contributed by atoms with van der Waals surface area (Å²) in [6, 6.07) is 4.74. The van der Waals surface area contributed by atoms with Gasteiger partial charge >= 0.3 is 6.18 Å². The van der Waals surface area contributed by atoms with Gasteiger partial charge in [0.1, 0.15) is 9.88 Å². The van der Waals surface area contributed by atoms with Crippen LogP contribution in [0, 0.1) is 6.92 Å². The van der Waals surface area contributed by atoms with Gasteiger partial charge < -0.3 is 10.2 Å². The first kappa shape index (κ1) is 22.3. The molecule has 2 aromatic rings. The van der Waals surface area contributed by atoms with Gasteiger partial charge in [0.15, 0.2) is 0 Å². The highest BCUT2D eigenvalue weighted by Crippen LogP contribution is 2.33. The number of aromatic nitrogens is 1. The molecule has 1 aliphatic heterocycles. The van der Waals surface area contributed by atoms with Crippen LogP contribution in [0.5, 0.6) is 0 Å². The number of hydrogen-bond acceptors (Lipinski definition) is 4. The van der Waals surface area contributed by atoms with Crippen molar-refractivity contribution >= 4 is 23.2 Å². The first-order chi connectivity index (χ1) is 14.3. The van der Waals surface area contributed by atoms with Crippen LogP contribution in [-0.4, -0.2) is 41.3 Å². The number of nitrogens with one attached hydrogen (secondary N) is 1. The van der Waals surface area contributed by atoms with E-state index in [1.54, 1.807) is 6.92 Å². The van der Waals surface area contributed by atoms with Gasteiger partial charge in [-0.15, -0.1) is 11.3 Å². The van der Waals surface area contributed by atoms with Crippen LogP contribution in [0.4, 0.5) is 13.2 Å². The first-order valence-corrected chi connectivity index (χ1v) is 10.8. The van der Waals surface area contributed by atoms with Crippen molar-refractivity contribution in [3.05, 3.63) is 40.4 Å². The summed E-state index contributed by atoms with van der Waals surface area (Å²) in [5.74, 6) is -0.0799. The summed E-state index contributed by atoms with van der Waals surface area (Å²) in [7, 11) is 0. The summed E-state index contributed by atoms with van der Waals surface area (Å²) >= 11 is 1.15. The summed E-state index contributed by atoms with van der Waals surface area (Å²) in [4.78, 5) is 31.1. The van der Waals surface area contributed by atoms with E-state index < -0.39 is 11.7 Å². The van der Waals surface area contributed by atoms with Gasteiger partial charge in [0.05, 0.1) is 11.3 Å². The SMILES string of the molecule is Cc1nc(-c2ccc(C(F)(F)F)cc2)sc1C(=O)NCCCN1CCCCCC1=O. The predicted molar refractivity (Wildman–Crippen MR) is 109 cm³/mol.